The van der Waals surface area contributed by atoms with Crippen molar-refractivity contribution >= 4 is 11.5 Å². The van der Waals surface area contributed by atoms with Crippen molar-refractivity contribution in [3.63, 3.8) is 0 Å². The van der Waals surface area contributed by atoms with Crippen LogP contribution in [0.25, 0.3) is 0 Å². The number of hydrogen-bond donors (Lipinski definition) is 1. The number of carbonyl (C=O) groups excluding carboxylic acids is 1. The summed E-state index contributed by atoms with van der Waals surface area (Å²) in [6.45, 7) is 9.99. The number of aryl methyl sites for hydroxylation is 1. The summed E-state index contributed by atoms with van der Waals surface area (Å²) in [6.07, 6.45) is 0.752. The Morgan fingerprint density at radius 2 is 1.95 bits per heavy atom. The summed E-state index contributed by atoms with van der Waals surface area (Å²) in [7, 11) is 0. The standard InChI is InChI=1S/C16H23NO2/c1-10-8-11(6-7-13(10)17)14(18)12-9-15(2,3)19-16(12,4)5/h6-8,12H,9,17H2,1-5H3. The lowest BCUT2D eigenvalue weighted by Gasteiger charge is -2.26. The van der Waals surface area contributed by atoms with Crippen molar-refractivity contribution in [1.82, 2.24) is 0 Å². The number of hydrogen-bond acceptors (Lipinski definition) is 3. The lowest BCUT2D eigenvalue weighted by molar-refractivity contribution is -0.0712. The summed E-state index contributed by atoms with van der Waals surface area (Å²) in [5.74, 6) is 0.0456. The van der Waals surface area contributed by atoms with E-state index in [4.69, 9.17) is 10.5 Å². The van der Waals surface area contributed by atoms with Crippen LogP contribution in [0.5, 0.6) is 0 Å². The Balaban J connectivity index is 2.31. The molecule has 1 aliphatic heterocycles. The molecule has 1 heterocycles. The van der Waals surface area contributed by atoms with Gasteiger partial charge in [-0.3, -0.25) is 4.79 Å². The molecule has 1 aromatic carbocycles. The second-order valence-electron chi connectivity index (χ2n) is 6.66. The molecule has 1 atom stereocenters. The largest absolute Gasteiger partial charge is 0.399 e. The number of ether oxygens (including phenoxy) is 1. The van der Waals surface area contributed by atoms with Gasteiger partial charge in [0.2, 0.25) is 0 Å². The zero-order valence-corrected chi connectivity index (χ0v) is 12.4. The number of nitrogen functional groups attached to an aromatic ring is 1. The van der Waals surface area contributed by atoms with Crippen molar-refractivity contribution in [2.45, 2.75) is 52.2 Å². The molecule has 0 radical (unpaired) electrons. The van der Waals surface area contributed by atoms with Gasteiger partial charge in [0.25, 0.3) is 0 Å². The Kier molecular flexibility index (Phi) is 3.21. The van der Waals surface area contributed by atoms with Crippen LogP contribution in [0.3, 0.4) is 0 Å². The second kappa shape index (κ2) is 4.34. The number of Topliss-reactive ketones (excluding diaryl/α,β-unsaturated/α-hetero) is 1. The second-order valence-corrected chi connectivity index (χ2v) is 6.66. The van der Waals surface area contributed by atoms with Crippen molar-refractivity contribution in [1.29, 1.82) is 0 Å². The van der Waals surface area contributed by atoms with Gasteiger partial charge < -0.3 is 10.5 Å². The first-order valence-corrected chi connectivity index (χ1v) is 6.73. The molecule has 0 spiro atoms. The van der Waals surface area contributed by atoms with Crippen LogP contribution in [0.1, 0.15) is 50.0 Å². The van der Waals surface area contributed by atoms with Crippen molar-refractivity contribution in [2.75, 3.05) is 5.73 Å². The summed E-state index contributed by atoms with van der Waals surface area (Å²) in [4.78, 5) is 12.7. The number of carbonyl (C=O) groups is 1. The number of nitrogens with two attached hydrogens (primary N) is 1. The highest BCUT2D eigenvalue weighted by Gasteiger charge is 2.49. The molecule has 2 rings (SSSR count). The number of anilines is 1. The average Bonchev–Trinajstić information content (AvgIpc) is 2.49. The van der Waals surface area contributed by atoms with Gasteiger partial charge in [-0.1, -0.05) is 0 Å². The van der Waals surface area contributed by atoms with E-state index in [1.807, 2.05) is 46.8 Å². The number of rotatable bonds is 2. The molecule has 0 aliphatic carbocycles. The molecule has 19 heavy (non-hydrogen) atoms. The fourth-order valence-electron chi connectivity index (χ4n) is 3.00. The highest BCUT2D eigenvalue weighted by atomic mass is 16.5. The molecular weight excluding hydrogens is 238 g/mol. The number of ketones is 1. The molecule has 3 heteroatoms. The first-order chi connectivity index (χ1) is 8.62. The van der Waals surface area contributed by atoms with Gasteiger partial charge in [0.1, 0.15) is 0 Å². The minimum atomic E-state index is -0.421. The molecule has 104 valence electrons. The Morgan fingerprint density at radius 1 is 1.32 bits per heavy atom. The van der Waals surface area contributed by atoms with Gasteiger partial charge in [0.05, 0.1) is 17.1 Å². The predicted molar refractivity (Wildman–Crippen MR) is 77.3 cm³/mol. The third-order valence-corrected chi connectivity index (χ3v) is 3.95. The van der Waals surface area contributed by atoms with E-state index in [0.717, 1.165) is 23.2 Å². The topological polar surface area (TPSA) is 52.3 Å². The van der Waals surface area contributed by atoms with E-state index in [0.29, 0.717) is 0 Å². The van der Waals surface area contributed by atoms with Crippen molar-refractivity contribution in [3.05, 3.63) is 29.3 Å². The molecule has 1 aliphatic rings. The van der Waals surface area contributed by atoms with Crippen LogP contribution in [0, 0.1) is 12.8 Å². The molecule has 0 bridgehead atoms. The van der Waals surface area contributed by atoms with Crippen LogP contribution < -0.4 is 5.73 Å². The van der Waals surface area contributed by atoms with Crippen molar-refractivity contribution in [3.8, 4) is 0 Å². The van der Waals surface area contributed by atoms with E-state index in [-0.39, 0.29) is 17.3 Å². The highest BCUT2D eigenvalue weighted by Crippen LogP contribution is 2.43. The van der Waals surface area contributed by atoms with Crippen LogP contribution in [0.4, 0.5) is 5.69 Å². The molecule has 1 fully saturated rings. The van der Waals surface area contributed by atoms with E-state index < -0.39 is 5.60 Å². The monoisotopic (exact) mass is 261 g/mol. The molecule has 1 unspecified atom stereocenters. The third-order valence-electron chi connectivity index (χ3n) is 3.95. The van der Waals surface area contributed by atoms with E-state index in [2.05, 4.69) is 0 Å². The van der Waals surface area contributed by atoms with E-state index in [1.54, 1.807) is 6.07 Å². The number of benzene rings is 1. The first-order valence-electron chi connectivity index (χ1n) is 6.73. The van der Waals surface area contributed by atoms with Gasteiger partial charge in [-0.2, -0.15) is 0 Å². The van der Waals surface area contributed by atoms with Gasteiger partial charge >= 0.3 is 0 Å². The Labute approximate surface area is 115 Å². The molecule has 0 amide bonds. The summed E-state index contributed by atoms with van der Waals surface area (Å²) in [5, 5.41) is 0. The summed E-state index contributed by atoms with van der Waals surface area (Å²) in [5.41, 5.74) is 7.53. The fraction of sp³-hybridized carbons (Fsp3) is 0.562. The summed E-state index contributed by atoms with van der Waals surface area (Å²) >= 11 is 0. The Hall–Kier alpha value is -1.35. The molecule has 3 nitrogen and oxygen atoms in total. The maximum absolute atomic E-state index is 12.7. The van der Waals surface area contributed by atoms with Crippen LogP contribution in [-0.4, -0.2) is 17.0 Å². The molecule has 2 N–H and O–H groups in total. The molecule has 0 aromatic heterocycles. The first kappa shape index (κ1) is 14.1. The van der Waals surface area contributed by atoms with Gasteiger partial charge in [-0.15, -0.1) is 0 Å². The summed E-state index contributed by atoms with van der Waals surface area (Å²) in [6, 6.07) is 5.49. The molecule has 0 saturated carbocycles. The van der Waals surface area contributed by atoms with Crippen LogP contribution in [0.15, 0.2) is 18.2 Å². The maximum atomic E-state index is 12.7. The van der Waals surface area contributed by atoms with Crippen molar-refractivity contribution < 1.29 is 9.53 Å². The molecule has 1 aromatic rings. The van der Waals surface area contributed by atoms with Gasteiger partial charge in [0.15, 0.2) is 5.78 Å². The van der Waals surface area contributed by atoms with Crippen molar-refractivity contribution in [2.24, 2.45) is 5.92 Å². The summed E-state index contributed by atoms with van der Waals surface area (Å²) < 4.78 is 6.00. The van der Waals surface area contributed by atoms with E-state index >= 15 is 0 Å². The Bertz CT molecular complexity index is 517. The smallest absolute Gasteiger partial charge is 0.168 e. The van der Waals surface area contributed by atoms with Gasteiger partial charge in [0, 0.05) is 11.3 Å². The van der Waals surface area contributed by atoms with Crippen LogP contribution in [-0.2, 0) is 4.74 Å². The predicted octanol–water partition coefficient (Wildman–Crippen LogP) is 3.35. The van der Waals surface area contributed by atoms with Gasteiger partial charge in [-0.05, 0) is 64.8 Å². The minimum Gasteiger partial charge on any atom is -0.399 e. The fourth-order valence-corrected chi connectivity index (χ4v) is 3.00. The third kappa shape index (κ3) is 2.66. The quantitative estimate of drug-likeness (QED) is 0.656. The minimum absolute atomic E-state index is 0.106. The normalized spacial score (nSPS) is 24.4. The molecule has 1 saturated heterocycles. The van der Waals surface area contributed by atoms with Crippen LogP contribution >= 0.6 is 0 Å². The van der Waals surface area contributed by atoms with Gasteiger partial charge in [-0.25, -0.2) is 0 Å². The highest BCUT2D eigenvalue weighted by molar-refractivity contribution is 5.99. The zero-order valence-electron chi connectivity index (χ0n) is 12.4. The van der Waals surface area contributed by atoms with E-state index in [9.17, 15) is 4.79 Å². The molecular formula is C16H23NO2. The van der Waals surface area contributed by atoms with E-state index in [1.165, 1.54) is 0 Å². The maximum Gasteiger partial charge on any atom is 0.168 e. The van der Waals surface area contributed by atoms with Crippen LogP contribution in [0.2, 0.25) is 0 Å². The zero-order chi connectivity index (χ0) is 14.4. The SMILES string of the molecule is Cc1cc(C(=O)C2CC(C)(C)OC2(C)C)ccc1N. The lowest BCUT2D eigenvalue weighted by atomic mass is 9.81. The Morgan fingerprint density at radius 3 is 2.42 bits per heavy atom. The average molecular weight is 261 g/mol. The lowest BCUT2D eigenvalue weighted by Crippen LogP contribution is -2.33.